The van der Waals surface area contributed by atoms with Gasteiger partial charge in [0.1, 0.15) is 0 Å². The van der Waals surface area contributed by atoms with E-state index in [-0.39, 0.29) is 0 Å². The molecule has 1 saturated heterocycles. The standard InChI is InChI=1S/C18H37N3/c1-3-16-8-5-6-9-18(16)21-13-7-12-20(14-15-21)17(4-2)10-11-19/h16-18H,3-15,19H2,1-2H3. The van der Waals surface area contributed by atoms with Crippen molar-refractivity contribution in [3.8, 4) is 0 Å². The van der Waals surface area contributed by atoms with E-state index in [1.165, 1.54) is 71.1 Å². The molecule has 0 aromatic heterocycles. The molecule has 21 heavy (non-hydrogen) atoms. The lowest BCUT2D eigenvalue weighted by molar-refractivity contribution is 0.100. The lowest BCUT2D eigenvalue weighted by Gasteiger charge is -2.39. The van der Waals surface area contributed by atoms with Gasteiger partial charge in [-0.3, -0.25) is 9.80 Å². The van der Waals surface area contributed by atoms with Gasteiger partial charge in [0.05, 0.1) is 0 Å². The van der Waals surface area contributed by atoms with E-state index in [2.05, 4.69) is 23.6 Å². The summed E-state index contributed by atoms with van der Waals surface area (Å²) in [6.07, 6.45) is 10.9. The fraction of sp³-hybridized carbons (Fsp3) is 1.00. The van der Waals surface area contributed by atoms with Crippen LogP contribution < -0.4 is 5.73 Å². The van der Waals surface area contributed by atoms with Gasteiger partial charge in [0, 0.05) is 25.2 Å². The van der Waals surface area contributed by atoms with Crippen LogP contribution in [0.2, 0.25) is 0 Å². The van der Waals surface area contributed by atoms with Crippen molar-refractivity contribution in [2.75, 3.05) is 32.7 Å². The predicted molar refractivity (Wildman–Crippen MR) is 91.6 cm³/mol. The summed E-state index contributed by atoms with van der Waals surface area (Å²) in [5.41, 5.74) is 5.79. The van der Waals surface area contributed by atoms with Crippen LogP contribution in [-0.4, -0.2) is 54.6 Å². The number of nitrogens with two attached hydrogens (primary N) is 1. The van der Waals surface area contributed by atoms with E-state index in [1.54, 1.807) is 0 Å². The van der Waals surface area contributed by atoms with E-state index < -0.39 is 0 Å². The molecule has 0 radical (unpaired) electrons. The van der Waals surface area contributed by atoms with Crippen molar-refractivity contribution in [3.63, 3.8) is 0 Å². The largest absolute Gasteiger partial charge is 0.330 e. The van der Waals surface area contributed by atoms with Gasteiger partial charge >= 0.3 is 0 Å². The second kappa shape index (κ2) is 9.12. The molecule has 0 spiro atoms. The van der Waals surface area contributed by atoms with E-state index in [9.17, 15) is 0 Å². The van der Waals surface area contributed by atoms with Gasteiger partial charge in [-0.1, -0.05) is 33.1 Å². The van der Waals surface area contributed by atoms with E-state index in [1.807, 2.05) is 0 Å². The SMILES string of the molecule is CCC1CCCCC1N1CCCN(C(CC)CCN)CC1. The predicted octanol–water partition coefficient (Wildman–Crippen LogP) is 3.09. The van der Waals surface area contributed by atoms with Gasteiger partial charge in [0.25, 0.3) is 0 Å². The highest BCUT2D eigenvalue weighted by molar-refractivity contribution is 4.85. The van der Waals surface area contributed by atoms with Crippen LogP contribution in [0.4, 0.5) is 0 Å². The first kappa shape index (κ1) is 17.2. The van der Waals surface area contributed by atoms with Gasteiger partial charge in [-0.05, 0) is 57.7 Å². The Hall–Kier alpha value is -0.120. The van der Waals surface area contributed by atoms with Crippen molar-refractivity contribution in [1.29, 1.82) is 0 Å². The number of hydrogen-bond donors (Lipinski definition) is 1. The molecule has 2 aliphatic rings. The first-order chi connectivity index (χ1) is 10.3. The Bertz CT molecular complexity index is 282. The molecule has 3 nitrogen and oxygen atoms in total. The van der Waals surface area contributed by atoms with Crippen molar-refractivity contribution >= 4 is 0 Å². The Labute approximate surface area is 132 Å². The number of hydrogen-bond acceptors (Lipinski definition) is 3. The summed E-state index contributed by atoms with van der Waals surface area (Å²) in [7, 11) is 0. The van der Waals surface area contributed by atoms with Gasteiger partial charge in [0.2, 0.25) is 0 Å². The van der Waals surface area contributed by atoms with Gasteiger partial charge in [-0.15, -0.1) is 0 Å². The summed E-state index contributed by atoms with van der Waals surface area (Å²) in [4.78, 5) is 5.55. The molecule has 0 aromatic rings. The zero-order valence-corrected chi connectivity index (χ0v) is 14.4. The van der Waals surface area contributed by atoms with Gasteiger partial charge in [-0.2, -0.15) is 0 Å². The lowest BCUT2D eigenvalue weighted by atomic mass is 9.82. The first-order valence-corrected chi connectivity index (χ1v) is 9.48. The molecule has 124 valence electrons. The van der Waals surface area contributed by atoms with Crippen molar-refractivity contribution < 1.29 is 0 Å². The highest BCUT2D eigenvalue weighted by Gasteiger charge is 2.30. The molecule has 0 amide bonds. The molecule has 1 aliphatic heterocycles. The third-order valence-electron chi connectivity index (χ3n) is 5.91. The molecule has 0 aromatic carbocycles. The third kappa shape index (κ3) is 4.67. The van der Waals surface area contributed by atoms with Crippen molar-refractivity contribution in [3.05, 3.63) is 0 Å². The molecule has 3 heteroatoms. The summed E-state index contributed by atoms with van der Waals surface area (Å²) in [5.74, 6) is 0.955. The molecule has 2 fully saturated rings. The van der Waals surface area contributed by atoms with Crippen LogP contribution in [0.1, 0.15) is 65.2 Å². The Morgan fingerprint density at radius 1 is 1.00 bits per heavy atom. The van der Waals surface area contributed by atoms with Crippen LogP contribution in [0.3, 0.4) is 0 Å². The topological polar surface area (TPSA) is 32.5 Å². The maximum absolute atomic E-state index is 5.79. The maximum atomic E-state index is 5.79. The average molecular weight is 296 g/mol. The number of nitrogens with zero attached hydrogens (tertiary/aromatic N) is 2. The second-order valence-corrected chi connectivity index (χ2v) is 7.09. The smallest absolute Gasteiger partial charge is 0.0124 e. The maximum Gasteiger partial charge on any atom is 0.0124 e. The van der Waals surface area contributed by atoms with E-state index in [4.69, 9.17) is 5.73 Å². The van der Waals surface area contributed by atoms with Crippen molar-refractivity contribution in [2.24, 2.45) is 11.7 Å². The molecule has 1 heterocycles. The Balaban J connectivity index is 1.90. The molecule has 1 saturated carbocycles. The van der Waals surface area contributed by atoms with Crippen molar-refractivity contribution in [2.45, 2.75) is 77.3 Å². The molecule has 3 atom stereocenters. The summed E-state index contributed by atoms with van der Waals surface area (Å²) in [6.45, 7) is 10.7. The monoisotopic (exact) mass is 295 g/mol. The fourth-order valence-corrected chi connectivity index (χ4v) is 4.64. The minimum Gasteiger partial charge on any atom is -0.330 e. The molecule has 2 N–H and O–H groups in total. The highest BCUT2D eigenvalue weighted by Crippen LogP contribution is 2.31. The quantitative estimate of drug-likeness (QED) is 0.817. The van der Waals surface area contributed by atoms with Crippen LogP contribution in [0.15, 0.2) is 0 Å². The highest BCUT2D eigenvalue weighted by atomic mass is 15.2. The summed E-state index contributed by atoms with van der Waals surface area (Å²) in [5, 5.41) is 0. The summed E-state index contributed by atoms with van der Waals surface area (Å²) < 4.78 is 0. The van der Waals surface area contributed by atoms with E-state index in [0.29, 0.717) is 6.04 Å². The zero-order valence-electron chi connectivity index (χ0n) is 14.4. The molecular weight excluding hydrogens is 258 g/mol. The normalized spacial score (nSPS) is 31.0. The van der Waals surface area contributed by atoms with Crippen LogP contribution in [0.25, 0.3) is 0 Å². The van der Waals surface area contributed by atoms with Crippen LogP contribution in [-0.2, 0) is 0 Å². The van der Waals surface area contributed by atoms with Gasteiger partial charge in [-0.25, -0.2) is 0 Å². The molecule has 0 bridgehead atoms. The Kier molecular flexibility index (Phi) is 7.48. The average Bonchev–Trinajstić information content (AvgIpc) is 2.78. The zero-order chi connectivity index (χ0) is 15.1. The van der Waals surface area contributed by atoms with Crippen LogP contribution in [0.5, 0.6) is 0 Å². The Morgan fingerprint density at radius 2 is 1.81 bits per heavy atom. The Morgan fingerprint density at radius 3 is 2.52 bits per heavy atom. The van der Waals surface area contributed by atoms with E-state index in [0.717, 1.165) is 24.9 Å². The fourth-order valence-electron chi connectivity index (χ4n) is 4.64. The molecule has 2 rings (SSSR count). The molecule has 1 aliphatic carbocycles. The summed E-state index contributed by atoms with van der Waals surface area (Å²) >= 11 is 0. The lowest BCUT2D eigenvalue weighted by Crippen LogP contribution is -2.45. The molecule has 3 unspecified atom stereocenters. The van der Waals surface area contributed by atoms with E-state index >= 15 is 0 Å². The first-order valence-electron chi connectivity index (χ1n) is 9.48. The number of rotatable bonds is 6. The van der Waals surface area contributed by atoms with Crippen LogP contribution in [0, 0.1) is 5.92 Å². The van der Waals surface area contributed by atoms with Gasteiger partial charge < -0.3 is 5.73 Å². The summed E-state index contributed by atoms with van der Waals surface area (Å²) in [6, 6.07) is 1.58. The minimum absolute atomic E-state index is 0.711. The van der Waals surface area contributed by atoms with Crippen LogP contribution >= 0.6 is 0 Å². The molecular formula is C18H37N3. The third-order valence-corrected chi connectivity index (χ3v) is 5.91. The van der Waals surface area contributed by atoms with Gasteiger partial charge in [0.15, 0.2) is 0 Å². The second-order valence-electron chi connectivity index (χ2n) is 7.09. The van der Waals surface area contributed by atoms with Crippen molar-refractivity contribution in [1.82, 2.24) is 9.80 Å². The minimum atomic E-state index is 0.711.